The Bertz CT molecular complexity index is 379. The first kappa shape index (κ1) is 14.5. The summed E-state index contributed by atoms with van der Waals surface area (Å²) < 4.78 is 0. The number of para-hydroxylation sites is 1. The van der Waals surface area contributed by atoms with Gasteiger partial charge in [-0.3, -0.25) is 9.69 Å². The Labute approximate surface area is 109 Å². The average Bonchev–Trinajstić information content (AvgIpc) is 2.34. The zero-order valence-electron chi connectivity index (χ0n) is 11.1. The van der Waals surface area contributed by atoms with Gasteiger partial charge in [-0.2, -0.15) is 0 Å². The second kappa shape index (κ2) is 7.71. The lowest BCUT2D eigenvalue weighted by Gasteiger charge is -2.20. The van der Waals surface area contributed by atoms with E-state index in [-0.39, 0.29) is 5.91 Å². The summed E-state index contributed by atoms with van der Waals surface area (Å²) in [5.41, 5.74) is 13.1. The number of hydrogen-bond donors (Lipinski definition) is 2. The molecule has 0 saturated heterocycles. The van der Waals surface area contributed by atoms with E-state index in [0.717, 1.165) is 43.6 Å². The van der Waals surface area contributed by atoms with Crippen LogP contribution < -0.4 is 11.5 Å². The van der Waals surface area contributed by atoms with Crippen LogP contribution in [-0.4, -0.2) is 30.4 Å². The summed E-state index contributed by atoms with van der Waals surface area (Å²) in [6, 6.07) is 7.84. The van der Waals surface area contributed by atoms with Gasteiger partial charge in [-0.1, -0.05) is 31.5 Å². The van der Waals surface area contributed by atoms with Crippen molar-refractivity contribution in [3.05, 3.63) is 29.8 Å². The van der Waals surface area contributed by atoms with Crippen LogP contribution in [0.25, 0.3) is 0 Å². The monoisotopic (exact) mass is 249 g/mol. The number of carbonyl (C=O) groups excluding carboxylic acids is 1. The van der Waals surface area contributed by atoms with Gasteiger partial charge >= 0.3 is 0 Å². The summed E-state index contributed by atoms with van der Waals surface area (Å²) in [6.45, 7) is 4.19. The number of rotatable bonds is 8. The highest BCUT2D eigenvalue weighted by atomic mass is 16.1. The third kappa shape index (κ3) is 5.19. The van der Waals surface area contributed by atoms with Gasteiger partial charge in [-0.25, -0.2) is 0 Å². The highest BCUT2D eigenvalue weighted by Gasteiger charge is 2.08. The van der Waals surface area contributed by atoms with Crippen molar-refractivity contribution in [3.63, 3.8) is 0 Å². The second-order valence-corrected chi connectivity index (χ2v) is 4.54. The smallest absolute Gasteiger partial charge is 0.231 e. The molecule has 0 radical (unpaired) electrons. The van der Waals surface area contributed by atoms with E-state index in [4.69, 9.17) is 11.5 Å². The first-order chi connectivity index (χ1) is 8.63. The number of nitrogens with two attached hydrogens (primary N) is 2. The number of nitrogens with zero attached hydrogens (tertiary/aromatic N) is 1. The molecule has 1 aromatic carbocycles. The molecule has 4 N–H and O–H groups in total. The molecule has 1 amide bonds. The first-order valence-corrected chi connectivity index (χ1v) is 6.47. The summed E-state index contributed by atoms with van der Waals surface area (Å²) in [5.74, 6) is -0.271. The van der Waals surface area contributed by atoms with E-state index in [2.05, 4.69) is 11.8 Å². The van der Waals surface area contributed by atoms with Crippen molar-refractivity contribution in [2.45, 2.75) is 26.2 Å². The predicted octanol–water partition coefficient (Wildman–Crippen LogP) is 1.40. The Morgan fingerprint density at radius 1 is 1.28 bits per heavy atom. The lowest BCUT2D eigenvalue weighted by Crippen LogP contribution is -2.36. The maximum Gasteiger partial charge on any atom is 0.231 e. The normalized spacial score (nSPS) is 10.8. The minimum Gasteiger partial charge on any atom is -0.399 e. The second-order valence-electron chi connectivity index (χ2n) is 4.54. The van der Waals surface area contributed by atoms with Gasteiger partial charge in [-0.15, -0.1) is 0 Å². The zero-order valence-corrected chi connectivity index (χ0v) is 11.1. The van der Waals surface area contributed by atoms with Crippen molar-refractivity contribution >= 4 is 11.6 Å². The minimum absolute atomic E-state index is 0.271. The molecule has 1 rings (SSSR count). The zero-order chi connectivity index (χ0) is 13.4. The highest BCUT2D eigenvalue weighted by molar-refractivity contribution is 5.75. The van der Waals surface area contributed by atoms with E-state index in [9.17, 15) is 4.79 Å². The summed E-state index contributed by atoms with van der Waals surface area (Å²) in [6.07, 6.45) is 3.05. The van der Waals surface area contributed by atoms with Crippen molar-refractivity contribution in [1.29, 1.82) is 0 Å². The Morgan fingerprint density at radius 2 is 2.00 bits per heavy atom. The number of amides is 1. The lowest BCUT2D eigenvalue weighted by atomic mass is 10.1. The van der Waals surface area contributed by atoms with E-state index in [1.165, 1.54) is 0 Å². The molecule has 4 nitrogen and oxygen atoms in total. The van der Waals surface area contributed by atoms with Gasteiger partial charge in [0.05, 0.1) is 6.54 Å². The van der Waals surface area contributed by atoms with Crippen LogP contribution in [0.3, 0.4) is 0 Å². The number of carbonyl (C=O) groups is 1. The molecule has 0 aliphatic rings. The molecule has 0 unspecified atom stereocenters. The van der Waals surface area contributed by atoms with Gasteiger partial charge in [0.15, 0.2) is 0 Å². The predicted molar refractivity (Wildman–Crippen MR) is 75.1 cm³/mol. The van der Waals surface area contributed by atoms with E-state index in [0.29, 0.717) is 6.54 Å². The summed E-state index contributed by atoms with van der Waals surface area (Å²) in [4.78, 5) is 13.1. The molecular weight excluding hydrogens is 226 g/mol. The molecule has 18 heavy (non-hydrogen) atoms. The van der Waals surface area contributed by atoms with Crippen molar-refractivity contribution in [3.8, 4) is 0 Å². The number of benzene rings is 1. The SMILES string of the molecule is CCCCN(CCc1ccccc1N)CC(N)=O. The van der Waals surface area contributed by atoms with Crippen molar-refractivity contribution in [2.75, 3.05) is 25.4 Å². The molecule has 0 aromatic heterocycles. The van der Waals surface area contributed by atoms with Crippen LogP contribution in [-0.2, 0) is 11.2 Å². The molecule has 4 heteroatoms. The molecule has 0 bridgehead atoms. The Morgan fingerprint density at radius 3 is 2.61 bits per heavy atom. The molecule has 0 saturated carbocycles. The van der Waals surface area contributed by atoms with Gasteiger partial charge in [0, 0.05) is 12.2 Å². The molecule has 0 aliphatic heterocycles. The van der Waals surface area contributed by atoms with Gasteiger partial charge in [0.2, 0.25) is 5.91 Å². The van der Waals surface area contributed by atoms with E-state index in [1.807, 2.05) is 24.3 Å². The third-order valence-electron chi connectivity index (χ3n) is 2.96. The van der Waals surface area contributed by atoms with Crippen LogP contribution in [0.15, 0.2) is 24.3 Å². The average molecular weight is 249 g/mol. The Kier molecular flexibility index (Phi) is 6.22. The third-order valence-corrected chi connectivity index (χ3v) is 2.96. The van der Waals surface area contributed by atoms with E-state index >= 15 is 0 Å². The number of unbranched alkanes of at least 4 members (excludes halogenated alkanes) is 1. The Balaban J connectivity index is 2.50. The van der Waals surface area contributed by atoms with Crippen LogP contribution in [0.5, 0.6) is 0 Å². The molecule has 0 aliphatic carbocycles. The summed E-state index contributed by atoms with van der Waals surface area (Å²) >= 11 is 0. The quantitative estimate of drug-likeness (QED) is 0.684. The number of primary amides is 1. The molecule has 0 spiro atoms. The molecular formula is C14H23N3O. The van der Waals surface area contributed by atoms with Gasteiger partial charge < -0.3 is 11.5 Å². The van der Waals surface area contributed by atoms with Gasteiger partial charge in [-0.05, 0) is 31.0 Å². The van der Waals surface area contributed by atoms with Crippen LogP contribution in [0.1, 0.15) is 25.3 Å². The molecule has 0 heterocycles. The van der Waals surface area contributed by atoms with E-state index < -0.39 is 0 Å². The lowest BCUT2D eigenvalue weighted by molar-refractivity contribution is -0.119. The molecule has 0 fully saturated rings. The van der Waals surface area contributed by atoms with Gasteiger partial charge in [0.25, 0.3) is 0 Å². The topological polar surface area (TPSA) is 72.3 Å². The van der Waals surface area contributed by atoms with Crippen LogP contribution in [0.4, 0.5) is 5.69 Å². The van der Waals surface area contributed by atoms with Crippen molar-refractivity contribution in [2.24, 2.45) is 5.73 Å². The van der Waals surface area contributed by atoms with Crippen molar-refractivity contribution in [1.82, 2.24) is 4.90 Å². The number of nitrogen functional groups attached to an aromatic ring is 1. The maximum absolute atomic E-state index is 11.0. The molecule has 100 valence electrons. The van der Waals surface area contributed by atoms with Crippen LogP contribution >= 0.6 is 0 Å². The number of hydrogen-bond acceptors (Lipinski definition) is 3. The maximum atomic E-state index is 11.0. The Hall–Kier alpha value is -1.55. The fraction of sp³-hybridized carbons (Fsp3) is 0.500. The number of anilines is 1. The highest BCUT2D eigenvalue weighted by Crippen LogP contribution is 2.11. The van der Waals surface area contributed by atoms with Crippen LogP contribution in [0, 0.1) is 0 Å². The fourth-order valence-electron chi connectivity index (χ4n) is 1.91. The molecule has 1 aromatic rings. The van der Waals surface area contributed by atoms with E-state index in [1.54, 1.807) is 0 Å². The molecule has 0 atom stereocenters. The standard InChI is InChI=1S/C14H23N3O/c1-2-3-9-17(11-14(16)18)10-8-12-6-4-5-7-13(12)15/h4-7H,2-3,8-11,15H2,1H3,(H2,16,18). The first-order valence-electron chi connectivity index (χ1n) is 6.47. The summed E-state index contributed by atoms with van der Waals surface area (Å²) in [7, 11) is 0. The fourth-order valence-corrected chi connectivity index (χ4v) is 1.91. The van der Waals surface area contributed by atoms with Crippen LogP contribution in [0.2, 0.25) is 0 Å². The summed E-state index contributed by atoms with van der Waals surface area (Å²) in [5, 5.41) is 0. The van der Waals surface area contributed by atoms with Gasteiger partial charge in [0.1, 0.15) is 0 Å². The largest absolute Gasteiger partial charge is 0.399 e. The van der Waals surface area contributed by atoms with Crippen molar-refractivity contribution < 1.29 is 4.79 Å². The minimum atomic E-state index is -0.271.